The molecule has 5 nitrogen and oxygen atoms in total. The van der Waals surface area contributed by atoms with E-state index in [-0.39, 0.29) is 24.8 Å². The molecule has 0 aliphatic heterocycles. The number of thiazole rings is 1. The van der Waals surface area contributed by atoms with Gasteiger partial charge in [-0.3, -0.25) is 9.59 Å². The SMILES string of the molecule is CC(C)(C)C(=O)NCCC(=O)Nc1ncc(Cc2ccc(F)c(F)c2)s1. The van der Waals surface area contributed by atoms with Gasteiger partial charge in [0.05, 0.1) is 0 Å². The molecule has 0 bridgehead atoms. The van der Waals surface area contributed by atoms with Crippen molar-refractivity contribution in [1.82, 2.24) is 10.3 Å². The molecule has 0 saturated carbocycles. The van der Waals surface area contributed by atoms with Gasteiger partial charge >= 0.3 is 0 Å². The maximum absolute atomic E-state index is 13.2. The predicted molar refractivity (Wildman–Crippen MR) is 97.0 cm³/mol. The van der Waals surface area contributed by atoms with Crippen LogP contribution in [0.4, 0.5) is 13.9 Å². The van der Waals surface area contributed by atoms with Gasteiger partial charge in [-0.05, 0) is 17.7 Å². The lowest BCUT2D eigenvalue weighted by molar-refractivity contribution is -0.128. The third-order valence-electron chi connectivity index (χ3n) is 3.48. The van der Waals surface area contributed by atoms with E-state index < -0.39 is 17.0 Å². The second-order valence-electron chi connectivity index (χ2n) is 6.86. The van der Waals surface area contributed by atoms with E-state index in [9.17, 15) is 18.4 Å². The zero-order valence-corrected chi connectivity index (χ0v) is 15.7. The van der Waals surface area contributed by atoms with Crippen molar-refractivity contribution < 1.29 is 18.4 Å². The van der Waals surface area contributed by atoms with E-state index in [1.54, 1.807) is 27.0 Å². The highest BCUT2D eigenvalue weighted by Crippen LogP contribution is 2.22. The van der Waals surface area contributed by atoms with Crippen LogP contribution in [0.25, 0.3) is 0 Å². The number of nitrogens with one attached hydrogen (secondary N) is 2. The van der Waals surface area contributed by atoms with Crippen molar-refractivity contribution in [3.63, 3.8) is 0 Å². The molecule has 0 radical (unpaired) electrons. The topological polar surface area (TPSA) is 71.1 Å². The molecule has 140 valence electrons. The Hall–Kier alpha value is -2.35. The molecule has 2 aromatic rings. The molecule has 2 N–H and O–H groups in total. The van der Waals surface area contributed by atoms with E-state index in [1.165, 1.54) is 17.4 Å². The predicted octanol–water partition coefficient (Wildman–Crippen LogP) is 3.50. The van der Waals surface area contributed by atoms with Crippen LogP contribution in [-0.2, 0) is 16.0 Å². The van der Waals surface area contributed by atoms with Gasteiger partial charge in [0.1, 0.15) is 0 Å². The molecule has 1 aromatic heterocycles. The van der Waals surface area contributed by atoms with Gasteiger partial charge in [-0.2, -0.15) is 0 Å². The number of rotatable bonds is 6. The Morgan fingerprint density at radius 2 is 1.92 bits per heavy atom. The van der Waals surface area contributed by atoms with Crippen molar-refractivity contribution in [3.05, 3.63) is 46.5 Å². The van der Waals surface area contributed by atoms with Crippen molar-refractivity contribution in [2.45, 2.75) is 33.6 Å². The summed E-state index contributed by atoms with van der Waals surface area (Å²) in [6, 6.07) is 3.74. The third kappa shape index (κ3) is 5.87. The maximum Gasteiger partial charge on any atom is 0.227 e. The molecule has 0 fully saturated rings. The van der Waals surface area contributed by atoms with Gasteiger partial charge in [-0.25, -0.2) is 13.8 Å². The largest absolute Gasteiger partial charge is 0.355 e. The first-order chi connectivity index (χ1) is 12.1. The number of halogens is 2. The van der Waals surface area contributed by atoms with Gasteiger partial charge in [0.15, 0.2) is 16.8 Å². The molecule has 8 heteroatoms. The number of nitrogens with zero attached hydrogens (tertiary/aromatic N) is 1. The van der Waals surface area contributed by atoms with Crippen LogP contribution in [0, 0.1) is 17.0 Å². The lowest BCUT2D eigenvalue weighted by Crippen LogP contribution is -2.36. The summed E-state index contributed by atoms with van der Waals surface area (Å²) < 4.78 is 26.2. The summed E-state index contributed by atoms with van der Waals surface area (Å²) in [6.45, 7) is 5.64. The number of hydrogen-bond donors (Lipinski definition) is 2. The van der Waals surface area contributed by atoms with Crippen molar-refractivity contribution in [3.8, 4) is 0 Å². The normalized spacial score (nSPS) is 11.3. The molecule has 0 atom stereocenters. The molecule has 0 unspecified atom stereocenters. The van der Waals surface area contributed by atoms with Gasteiger partial charge in [0.25, 0.3) is 0 Å². The molecule has 0 saturated heterocycles. The number of benzene rings is 1. The number of anilines is 1. The average molecular weight is 381 g/mol. The Morgan fingerprint density at radius 1 is 1.19 bits per heavy atom. The van der Waals surface area contributed by atoms with E-state index in [0.717, 1.165) is 17.0 Å². The van der Waals surface area contributed by atoms with Crippen LogP contribution in [0.3, 0.4) is 0 Å². The summed E-state index contributed by atoms with van der Waals surface area (Å²) in [5, 5.41) is 5.79. The van der Waals surface area contributed by atoms with Crippen LogP contribution >= 0.6 is 11.3 Å². The van der Waals surface area contributed by atoms with E-state index in [4.69, 9.17) is 0 Å². The first-order valence-corrected chi connectivity index (χ1v) is 8.93. The summed E-state index contributed by atoms with van der Waals surface area (Å²) in [7, 11) is 0. The van der Waals surface area contributed by atoms with Crippen LogP contribution in [-0.4, -0.2) is 23.3 Å². The van der Waals surface area contributed by atoms with Crippen LogP contribution in [0.15, 0.2) is 24.4 Å². The van der Waals surface area contributed by atoms with Crippen LogP contribution in [0.5, 0.6) is 0 Å². The number of carbonyl (C=O) groups is 2. The van der Waals surface area contributed by atoms with E-state index in [1.807, 2.05) is 0 Å². The number of hydrogen-bond acceptors (Lipinski definition) is 4. The van der Waals surface area contributed by atoms with Gasteiger partial charge in [0, 0.05) is 35.9 Å². The van der Waals surface area contributed by atoms with E-state index >= 15 is 0 Å². The number of amides is 2. The Labute approximate surface area is 154 Å². The molecule has 0 aliphatic rings. The summed E-state index contributed by atoms with van der Waals surface area (Å²) in [6.07, 6.45) is 2.12. The van der Waals surface area contributed by atoms with E-state index in [0.29, 0.717) is 17.1 Å². The van der Waals surface area contributed by atoms with E-state index in [2.05, 4.69) is 15.6 Å². The quantitative estimate of drug-likeness (QED) is 0.804. The summed E-state index contributed by atoms with van der Waals surface area (Å²) in [5.41, 5.74) is 0.121. The van der Waals surface area contributed by atoms with Crippen molar-refractivity contribution >= 4 is 28.3 Å². The molecule has 26 heavy (non-hydrogen) atoms. The first-order valence-electron chi connectivity index (χ1n) is 8.12. The summed E-state index contributed by atoms with van der Waals surface area (Å²) >= 11 is 1.26. The zero-order chi connectivity index (χ0) is 19.3. The minimum atomic E-state index is -0.891. The second-order valence-corrected chi connectivity index (χ2v) is 7.98. The van der Waals surface area contributed by atoms with Crippen LogP contribution in [0.2, 0.25) is 0 Å². The molecular weight excluding hydrogens is 360 g/mol. The third-order valence-corrected chi connectivity index (χ3v) is 4.39. The Bertz CT molecular complexity index is 800. The molecule has 1 heterocycles. The highest BCUT2D eigenvalue weighted by molar-refractivity contribution is 7.15. The van der Waals surface area contributed by atoms with Gasteiger partial charge in [0.2, 0.25) is 11.8 Å². The second kappa shape index (κ2) is 8.35. The monoisotopic (exact) mass is 381 g/mol. The van der Waals surface area contributed by atoms with Crippen molar-refractivity contribution in [2.24, 2.45) is 5.41 Å². The molecule has 2 amide bonds. The van der Waals surface area contributed by atoms with Crippen LogP contribution < -0.4 is 10.6 Å². The highest BCUT2D eigenvalue weighted by Gasteiger charge is 2.20. The Kier molecular flexibility index (Phi) is 6.42. The minimum Gasteiger partial charge on any atom is -0.355 e. The molecule has 0 spiro atoms. The van der Waals surface area contributed by atoms with Crippen LogP contribution in [0.1, 0.15) is 37.6 Å². The number of carbonyl (C=O) groups excluding carboxylic acids is 2. The van der Waals surface area contributed by atoms with Gasteiger partial charge < -0.3 is 10.6 Å². The lowest BCUT2D eigenvalue weighted by atomic mass is 9.96. The van der Waals surface area contributed by atoms with Gasteiger partial charge in [-0.15, -0.1) is 11.3 Å². The average Bonchev–Trinajstić information content (AvgIpc) is 2.96. The maximum atomic E-state index is 13.2. The summed E-state index contributed by atoms with van der Waals surface area (Å²) in [4.78, 5) is 28.5. The Balaban J connectivity index is 1.83. The zero-order valence-electron chi connectivity index (χ0n) is 14.9. The Morgan fingerprint density at radius 3 is 2.58 bits per heavy atom. The standard InChI is InChI=1S/C18H21F2N3O2S/c1-18(2,3)16(25)21-7-6-15(24)23-17-22-10-12(26-17)8-11-4-5-13(19)14(20)9-11/h4-5,9-10H,6-8H2,1-3H3,(H,21,25)(H,22,23,24). The van der Waals surface area contributed by atoms with Crippen molar-refractivity contribution in [2.75, 3.05) is 11.9 Å². The fourth-order valence-electron chi connectivity index (χ4n) is 2.03. The lowest BCUT2D eigenvalue weighted by Gasteiger charge is -2.17. The fraction of sp³-hybridized carbons (Fsp3) is 0.389. The number of aromatic nitrogens is 1. The highest BCUT2D eigenvalue weighted by atomic mass is 32.1. The first kappa shape index (κ1) is 20.0. The van der Waals surface area contributed by atoms with Crippen molar-refractivity contribution in [1.29, 1.82) is 0 Å². The molecule has 1 aromatic carbocycles. The summed E-state index contributed by atoms with van der Waals surface area (Å²) in [5.74, 6) is -2.15. The fourth-order valence-corrected chi connectivity index (χ4v) is 2.90. The smallest absolute Gasteiger partial charge is 0.227 e. The minimum absolute atomic E-state index is 0.117. The molecule has 2 rings (SSSR count). The van der Waals surface area contributed by atoms with Gasteiger partial charge in [-0.1, -0.05) is 26.8 Å². The molecule has 0 aliphatic carbocycles. The molecular formula is C18H21F2N3O2S.